The van der Waals surface area contributed by atoms with E-state index in [9.17, 15) is 4.79 Å². The summed E-state index contributed by atoms with van der Waals surface area (Å²) in [6.07, 6.45) is 6.56. The van der Waals surface area contributed by atoms with Crippen LogP contribution in [-0.2, 0) is 9.53 Å². The Labute approximate surface area is 208 Å². The number of carbonyl (C=O) groups excluding carboxylic acids is 1. The molecule has 0 aromatic heterocycles. The SMILES string of the molecule is CCOCCN(CCCOc1ccc(OC)cc1C1SC2=C([C@@H]3CC3C=C2)N1C(C)=O)C(C)C. The van der Waals surface area contributed by atoms with Crippen molar-refractivity contribution < 1.29 is 19.0 Å². The Bertz CT molecular complexity index is 945. The van der Waals surface area contributed by atoms with E-state index in [-0.39, 0.29) is 11.3 Å². The van der Waals surface area contributed by atoms with Gasteiger partial charge in [0.25, 0.3) is 0 Å². The zero-order valence-electron chi connectivity index (χ0n) is 21.1. The number of allylic oxidation sites excluding steroid dienone is 3. The van der Waals surface area contributed by atoms with Crippen molar-refractivity contribution in [1.82, 2.24) is 9.80 Å². The molecule has 2 aliphatic carbocycles. The molecule has 2 unspecified atom stereocenters. The van der Waals surface area contributed by atoms with Gasteiger partial charge >= 0.3 is 0 Å². The molecule has 34 heavy (non-hydrogen) atoms. The van der Waals surface area contributed by atoms with E-state index in [0.29, 0.717) is 24.5 Å². The first-order chi connectivity index (χ1) is 16.4. The Balaban J connectivity index is 1.45. The van der Waals surface area contributed by atoms with Crippen molar-refractivity contribution in [3.63, 3.8) is 0 Å². The van der Waals surface area contributed by atoms with Crippen molar-refractivity contribution in [2.24, 2.45) is 11.8 Å². The van der Waals surface area contributed by atoms with E-state index >= 15 is 0 Å². The van der Waals surface area contributed by atoms with Gasteiger partial charge in [-0.1, -0.05) is 23.9 Å². The highest BCUT2D eigenvalue weighted by molar-refractivity contribution is 8.03. The van der Waals surface area contributed by atoms with Crippen molar-refractivity contribution in [3.05, 3.63) is 46.5 Å². The van der Waals surface area contributed by atoms with E-state index in [1.165, 1.54) is 10.6 Å². The van der Waals surface area contributed by atoms with Crippen LogP contribution < -0.4 is 9.47 Å². The molecule has 0 saturated heterocycles. The maximum Gasteiger partial charge on any atom is 0.224 e. The summed E-state index contributed by atoms with van der Waals surface area (Å²) in [6.45, 7) is 12.1. The molecule has 1 heterocycles. The van der Waals surface area contributed by atoms with Gasteiger partial charge in [0.05, 0.1) is 20.3 Å². The van der Waals surface area contributed by atoms with Crippen LogP contribution in [0.2, 0.25) is 0 Å². The van der Waals surface area contributed by atoms with Crippen molar-refractivity contribution in [2.45, 2.75) is 52.0 Å². The predicted molar refractivity (Wildman–Crippen MR) is 137 cm³/mol. The molecule has 0 bridgehead atoms. The number of methoxy groups -OCH3 is 1. The summed E-state index contributed by atoms with van der Waals surface area (Å²) in [7, 11) is 1.67. The summed E-state index contributed by atoms with van der Waals surface area (Å²) in [6, 6.07) is 6.41. The zero-order valence-corrected chi connectivity index (χ0v) is 21.9. The molecule has 4 rings (SSSR count). The number of rotatable bonds is 12. The smallest absolute Gasteiger partial charge is 0.224 e. The summed E-state index contributed by atoms with van der Waals surface area (Å²) in [5.41, 5.74) is 2.20. The first-order valence-electron chi connectivity index (χ1n) is 12.5. The van der Waals surface area contributed by atoms with Crippen LogP contribution in [-0.4, -0.2) is 61.8 Å². The molecule has 186 valence electrons. The molecule has 3 atom stereocenters. The van der Waals surface area contributed by atoms with Crippen LogP contribution in [0.5, 0.6) is 11.5 Å². The summed E-state index contributed by atoms with van der Waals surface area (Å²) in [5.74, 6) is 2.76. The lowest BCUT2D eigenvalue weighted by Crippen LogP contribution is -2.35. The number of ether oxygens (including phenoxy) is 3. The monoisotopic (exact) mass is 486 g/mol. The standard InChI is InChI=1S/C27H38N2O4S/c1-6-32-15-13-28(18(2)3)12-7-14-33-24-10-9-21(31-5)17-23(24)27-29(19(4)30)26-22-16-20(22)8-11-25(26)34-27/h8-11,17-18,20,22,27H,6-7,12-16H2,1-5H3/t20?,22-,27?/m1/s1. The second-order valence-corrected chi connectivity index (χ2v) is 10.5. The maximum atomic E-state index is 12.8. The van der Waals surface area contributed by atoms with Gasteiger partial charge in [0.15, 0.2) is 0 Å². The molecule has 1 aromatic carbocycles. The molecule has 1 aromatic rings. The molecular weight excluding hydrogens is 448 g/mol. The van der Waals surface area contributed by atoms with E-state index < -0.39 is 0 Å². The van der Waals surface area contributed by atoms with Crippen molar-refractivity contribution in [1.29, 1.82) is 0 Å². The van der Waals surface area contributed by atoms with E-state index in [1.807, 2.05) is 30.0 Å². The highest BCUT2D eigenvalue weighted by Crippen LogP contribution is 2.61. The predicted octanol–water partition coefficient (Wildman–Crippen LogP) is 5.22. The van der Waals surface area contributed by atoms with Gasteiger partial charge in [0, 0.05) is 54.7 Å². The van der Waals surface area contributed by atoms with Gasteiger partial charge in [0.1, 0.15) is 16.9 Å². The Morgan fingerprint density at radius 3 is 2.79 bits per heavy atom. The van der Waals surface area contributed by atoms with Gasteiger partial charge in [-0.2, -0.15) is 0 Å². The number of carbonyl (C=O) groups is 1. The minimum absolute atomic E-state index is 0.0825. The van der Waals surface area contributed by atoms with Crippen molar-refractivity contribution in [2.75, 3.05) is 40.0 Å². The molecule has 0 spiro atoms. The minimum atomic E-state index is -0.130. The Morgan fingerprint density at radius 1 is 1.26 bits per heavy atom. The largest absolute Gasteiger partial charge is 0.497 e. The van der Waals surface area contributed by atoms with Crippen molar-refractivity contribution >= 4 is 17.7 Å². The van der Waals surface area contributed by atoms with E-state index in [2.05, 4.69) is 30.9 Å². The third kappa shape index (κ3) is 5.47. The molecular formula is C27H38N2O4S. The van der Waals surface area contributed by atoms with Crippen LogP contribution in [0, 0.1) is 11.8 Å². The van der Waals surface area contributed by atoms with E-state index in [0.717, 1.165) is 56.2 Å². The molecule has 1 saturated carbocycles. The van der Waals surface area contributed by atoms with Gasteiger partial charge in [0.2, 0.25) is 5.91 Å². The molecule has 7 heteroatoms. The molecule has 1 aliphatic heterocycles. The Morgan fingerprint density at radius 2 is 2.09 bits per heavy atom. The molecule has 1 amide bonds. The Kier molecular flexibility index (Phi) is 8.27. The third-order valence-corrected chi connectivity index (χ3v) is 8.08. The summed E-state index contributed by atoms with van der Waals surface area (Å²) >= 11 is 1.75. The van der Waals surface area contributed by atoms with Crippen LogP contribution in [0.25, 0.3) is 0 Å². The van der Waals surface area contributed by atoms with Crippen LogP contribution in [0.4, 0.5) is 0 Å². The summed E-state index contributed by atoms with van der Waals surface area (Å²) in [4.78, 5) is 18.4. The number of hydrogen-bond donors (Lipinski definition) is 0. The average Bonchev–Trinajstić information content (AvgIpc) is 3.51. The van der Waals surface area contributed by atoms with Crippen LogP contribution in [0.1, 0.15) is 51.5 Å². The lowest BCUT2D eigenvalue weighted by Gasteiger charge is -2.28. The van der Waals surface area contributed by atoms with Gasteiger partial charge < -0.3 is 14.2 Å². The molecule has 0 N–H and O–H groups in total. The molecule has 1 fully saturated rings. The molecule has 3 aliphatic rings. The topological polar surface area (TPSA) is 51.2 Å². The summed E-state index contributed by atoms with van der Waals surface area (Å²) < 4.78 is 17.4. The van der Waals surface area contributed by atoms with Gasteiger partial charge in [-0.3, -0.25) is 14.6 Å². The maximum absolute atomic E-state index is 12.8. The molecule has 0 radical (unpaired) electrons. The van der Waals surface area contributed by atoms with Gasteiger partial charge in [-0.15, -0.1) is 0 Å². The average molecular weight is 487 g/mol. The number of hydrogen-bond acceptors (Lipinski definition) is 6. The second kappa shape index (κ2) is 11.2. The highest BCUT2D eigenvalue weighted by Gasteiger charge is 2.50. The first kappa shape index (κ1) is 25.1. The summed E-state index contributed by atoms with van der Waals surface area (Å²) in [5, 5.41) is -0.130. The third-order valence-electron chi connectivity index (χ3n) is 6.80. The number of benzene rings is 1. The quantitative estimate of drug-likeness (QED) is 0.378. The minimum Gasteiger partial charge on any atom is -0.497 e. The van der Waals surface area contributed by atoms with E-state index in [1.54, 1.807) is 25.8 Å². The lowest BCUT2D eigenvalue weighted by atomic mass is 10.1. The fraction of sp³-hybridized carbons (Fsp3) is 0.593. The Hall–Kier alpha value is -1.96. The van der Waals surface area contributed by atoms with E-state index in [4.69, 9.17) is 14.2 Å². The highest BCUT2D eigenvalue weighted by atomic mass is 32.2. The van der Waals surface area contributed by atoms with Gasteiger partial charge in [-0.05, 0) is 57.7 Å². The van der Waals surface area contributed by atoms with Crippen LogP contribution >= 0.6 is 11.8 Å². The van der Waals surface area contributed by atoms with Crippen LogP contribution in [0.3, 0.4) is 0 Å². The second-order valence-electron chi connectivity index (χ2n) is 9.41. The van der Waals surface area contributed by atoms with Crippen LogP contribution in [0.15, 0.2) is 41.0 Å². The number of nitrogens with zero attached hydrogens (tertiary/aromatic N) is 2. The fourth-order valence-corrected chi connectivity index (χ4v) is 6.28. The van der Waals surface area contributed by atoms with Gasteiger partial charge in [-0.25, -0.2) is 0 Å². The van der Waals surface area contributed by atoms with Crippen molar-refractivity contribution in [3.8, 4) is 11.5 Å². The number of amides is 1. The molecule has 6 nitrogen and oxygen atoms in total. The lowest BCUT2D eigenvalue weighted by molar-refractivity contribution is -0.127. The number of thioether (sulfide) groups is 1. The fourth-order valence-electron chi connectivity index (χ4n) is 4.84. The normalized spacial score (nSPS) is 22.9. The zero-order chi connectivity index (χ0) is 24.2. The first-order valence-corrected chi connectivity index (χ1v) is 13.3. The number of fused-ring (bicyclic) bond motifs is 2.